The molecule has 2 aromatic rings. The Balaban J connectivity index is 1.85. The zero-order valence-electron chi connectivity index (χ0n) is 12.6. The summed E-state index contributed by atoms with van der Waals surface area (Å²) >= 11 is 5.32. The number of hydrogen-bond donors (Lipinski definition) is 2. The Hall–Kier alpha value is -1.87. The first-order valence-electron chi connectivity index (χ1n) is 7.37. The number of nitrogens with one attached hydrogen (secondary N) is 2. The van der Waals surface area contributed by atoms with Gasteiger partial charge in [0.25, 0.3) is 0 Å². The second-order valence-corrected chi connectivity index (χ2v) is 5.63. The molecular weight excluding hydrogens is 276 g/mol. The Morgan fingerprint density at radius 1 is 1.05 bits per heavy atom. The second kappa shape index (κ2) is 7.79. The molecule has 2 aromatic carbocycles. The highest BCUT2D eigenvalue weighted by Crippen LogP contribution is 2.20. The van der Waals surface area contributed by atoms with Gasteiger partial charge >= 0.3 is 0 Å². The van der Waals surface area contributed by atoms with E-state index in [0.717, 1.165) is 18.7 Å². The molecule has 1 unspecified atom stereocenters. The molecule has 0 radical (unpaired) electrons. The van der Waals surface area contributed by atoms with E-state index < -0.39 is 0 Å². The molecule has 0 aliphatic heterocycles. The standard InChI is InChI=1S/C18H22N2S/c1-3-14(2)16-9-11-17(12-10-16)20-18(21)19-13-15-7-5-4-6-8-15/h4-12,14H,3,13H2,1-2H3,(H2,19,20,21). The summed E-state index contributed by atoms with van der Waals surface area (Å²) in [7, 11) is 0. The van der Waals surface area contributed by atoms with Gasteiger partial charge in [-0.1, -0.05) is 56.3 Å². The topological polar surface area (TPSA) is 24.1 Å². The average Bonchev–Trinajstić information content (AvgIpc) is 2.54. The van der Waals surface area contributed by atoms with Gasteiger partial charge in [0.05, 0.1) is 0 Å². The maximum absolute atomic E-state index is 5.32. The molecule has 0 saturated heterocycles. The van der Waals surface area contributed by atoms with Gasteiger partial charge in [0, 0.05) is 12.2 Å². The lowest BCUT2D eigenvalue weighted by Crippen LogP contribution is -2.27. The van der Waals surface area contributed by atoms with Gasteiger partial charge in [-0.05, 0) is 47.8 Å². The van der Waals surface area contributed by atoms with E-state index in [1.807, 2.05) is 18.2 Å². The minimum atomic E-state index is 0.599. The van der Waals surface area contributed by atoms with E-state index in [1.54, 1.807) is 0 Å². The summed E-state index contributed by atoms with van der Waals surface area (Å²) < 4.78 is 0. The van der Waals surface area contributed by atoms with Gasteiger partial charge in [-0.2, -0.15) is 0 Å². The molecule has 3 heteroatoms. The van der Waals surface area contributed by atoms with Crippen molar-refractivity contribution in [2.75, 3.05) is 5.32 Å². The number of benzene rings is 2. The Labute approximate surface area is 132 Å². The summed E-state index contributed by atoms with van der Waals surface area (Å²) in [6.07, 6.45) is 1.16. The summed E-state index contributed by atoms with van der Waals surface area (Å²) in [6.45, 7) is 5.19. The molecule has 2 rings (SSSR count). The highest BCUT2D eigenvalue weighted by Gasteiger charge is 2.03. The van der Waals surface area contributed by atoms with Crippen LogP contribution in [0.5, 0.6) is 0 Å². The summed E-state index contributed by atoms with van der Waals surface area (Å²) in [4.78, 5) is 0. The first-order valence-corrected chi connectivity index (χ1v) is 7.78. The lowest BCUT2D eigenvalue weighted by Gasteiger charge is -2.13. The molecule has 0 saturated carbocycles. The zero-order valence-corrected chi connectivity index (χ0v) is 13.4. The number of hydrogen-bond acceptors (Lipinski definition) is 1. The Kier molecular flexibility index (Phi) is 5.76. The van der Waals surface area contributed by atoms with Gasteiger partial charge in [-0.25, -0.2) is 0 Å². The van der Waals surface area contributed by atoms with E-state index in [9.17, 15) is 0 Å². The van der Waals surface area contributed by atoms with Crippen molar-refractivity contribution in [3.63, 3.8) is 0 Å². The third kappa shape index (κ3) is 4.87. The fourth-order valence-electron chi connectivity index (χ4n) is 2.08. The molecule has 0 aliphatic carbocycles. The molecule has 110 valence electrons. The van der Waals surface area contributed by atoms with E-state index in [4.69, 9.17) is 12.2 Å². The number of thiocarbonyl (C=S) groups is 1. The SMILES string of the molecule is CCC(C)c1ccc(NC(=S)NCc2ccccc2)cc1. The van der Waals surface area contributed by atoms with Crippen molar-refractivity contribution in [1.82, 2.24) is 5.32 Å². The fraction of sp³-hybridized carbons (Fsp3) is 0.278. The molecule has 0 aromatic heterocycles. The Bertz CT molecular complexity index is 564. The van der Waals surface area contributed by atoms with Crippen molar-refractivity contribution in [3.05, 3.63) is 65.7 Å². The van der Waals surface area contributed by atoms with Crippen molar-refractivity contribution in [2.45, 2.75) is 32.7 Å². The lowest BCUT2D eigenvalue weighted by atomic mass is 9.99. The highest BCUT2D eigenvalue weighted by atomic mass is 32.1. The van der Waals surface area contributed by atoms with Crippen LogP contribution in [-0.2, 0) is 6.54 Å². The predicted molar refractivity (Wildman–Crippen MR) is 94.7 cm³/mol. The van der Waals surface area contributed by atoms with E-state index >= 15 is 0 Å². The maximum atomic E-state index is 5.32. The first kappa shape index (κ1) is 15.5. The molecule has 0 aliphatic rings. The predicted octanol–water partition coefficient (Wildman–Crippen LogP) is 4.69. The van der Waals surface area contributed by atoms with E-state index in [-0.39, 0.29) is 0 Å². The van der Waals surface area contributed by atoms with Crippen LogP contribution in [-0.4, -0.2) is 5.11 Å². The monoisotopic (exact) mass is 298 g/mol. The van der Waals surface area contributed by atoms with Crippen molar-refractivity contribution >= 4 is 23.0 Å². The van der Waals surface area contributed by atoms with Crippen LogP contribution in [0, 0.1) is 0 Å². The zero-order chi connectivity index (χ0) is 15.1. The van der Waals surface area contributed by atoms with Crippen LogP contribution in [0.3, 0.4) is 0 Å². The van der Waals surface area contributed by atoms with Crippen LogP contribution in [0.2, 0.25) is 0 Å². The normalized spacial score (nSPS) is 11.7. The van der Waals surface area contributed by atoms with Gasteiger partial charge in [-0.15, -0.1) is 0 Å². The molecule has 0 heterocycles. The van der Waals surface area contributed by atoms with Crippen LogP contribution < -0.4 is 10.6 Å². The summed E-state index contributed by atoms with van der Waals surface area (Å²) in [6, 6.07) is 18.7. The Morgan fingerprint density at radius 2 is 1.71 bits per heavy atom. The van der Waals surface area contributed by atoms with Gasteiger partial charge in [0.15, 0.2) is 5.11 Å². The van der Waals surface area contributed by atoms with E-state index in [0.29, 0.717) is 11.0 Å². The maximum Gasteiger partial charge on any atom is 0.171 e. The highest BCUT2D eigenvalue weighted by molar-refractivity contribution is 7.80. The van der Waals surface area contributed by atoms with Crippen molar-refractivity contribution in [2.24, 2.45) is 0 Å². The number of rotatable bonds is 5. The van der Waals surface area contributed by atoms with Crippen LogP contribution >= 0.6 is 12.2 Å². The molecule has 2 nitrogen and oxygen atoms in total. The molecule has 0 bridgehead atoms. The van der Waals surface area contributed by atoms with Crippen LogP contribution in [0.4, 0.5) is 5.69 Å². The minimum absolute atomic E-state index is 0.599. The van der Waals surface area contributed by atoms with Gasteiger partial charge in [-0.3, -0.25) is 0 Å². The summed E-state index contributed by atoms with van der Waals surface area (Å²) in [5.74, 6) is 0.599. The molecule has 0 spiro atoms. The molecule has 1 atom stereocenters. The fourth-order valence-corrected chi connectivity index (χ4v) is 2.27. The van der Waals surface area contributed by atoms with Gasteiger partial charge < -0.3 is 10.6 Å². The quantitative estimate of drug-likeness (QED) is 0.783. The smallest absolute Gasteiger partial charge is 0.171 e. The second-order valence-electron chi connectivity index (χ2n) is 5.22. The summed E-state index contributed by atoms with van der Waals surface area (Å²) in [5.41, 5.74) is 3.60. The largest absolute Gasteiger partial charge is 0.358 e. The lowest BCUT2D eigenvalue weighted by molar-refractivity contribution is 0.734. The van der Waals surface area contributed by atoms with Crippen LogP contribution in [0.15, 0.2) is 54.6 Å². The Morgan fingerprint density at radius 3 is 2.33 bits per heavy atom. The molecule has 2 N–H and O–H groups in total. The number of anilines is 1. The van der Waals surface area contributed by atoms with Gasteiger partial charge in [0.2, 0.25) is 0 Å². The molecule has 21 heavy (non-hydrogen) atoms. The van der Waals surface area contributed by atoms with Crippen LogP contribution in [0.25, 0.3) is 0 Å². The third-order valence-corrected chi connectivity index (χ3v) is 3.89. The summed E-state index contributed by atoms with van der Waals surface area (Å²) in [5, 5.41) is 7.08. The van der Waals surface area contributed by atoms with E-state index in [1.165, 1.54) is 11.1 Å². The van der Waals surface area contributed by atoms with Gasteiger partial charge in [0.1, 0.15) is 0 Å². The minimum Gasteiger partial charge on any atom is -0.358 e. The van der Waals surface area contributed by atoms with Crippen molar-refractivity contribution < 1.29 is 0 Å². The van der Waals surface area contributed by atoms with E-state index in [2.05, 4.69) is 60.9 Å². The molecule has 0 amide bonds. The average molecular weight is 298 g/mol. The molecular formula is C18H22N2S. The van der Waals surface area contributed by atoms with Crippen molar-refractivity contribution in [3.8, 4) is 0 Å². The van der Waals surface area contributed by atoms with Crippen molar-refractivity contribution in [1.29, 1.82) is 0 Å². The third-order valence-electron chi connectivity index (χ3n) is 3.65. The van der Waals surface area contributed by atoms with Crippen LogP contribution in [0.1, 0.15) is 37.3 Å². The molecule has 0 fully saturated rings. The first-order chi connectivity index (χ1) is 10.2.